The zero-order valence-corrected chi connectivity index (χ0v) is 21.0. The third-order valence-corrected chi connectivity index (χ3v) is 7.81. The smallest absolute Gasteiger partial charge is 0.407 e. The third-order valence-electron chi connectivity index (χ3n) is 7.16. The van der Waals surface area contributed by atoms with Gasteiger partial charge in [0.15, 0.2) is 0 Å². The van der Waals surface area contributed by atoms with E-state index in [2.05, 4.69) is 29.6 Å². The van der Waals surface area contributed by atoms with Crippen LogP contribution in [0.1, 0.15) is 49.7 Å². The molecule has 1 fully saturated rings. The van der Waals surface area contributed by atoms with E-state index in [1.54, 1.807) is 18.7 Å². The van der Waals surface area contributed by atoms with E-state index in [1.807, 2.05) is 30.5 Å². The molecule has 4 rings (SSSR count). The van der Waals surface area contributed by atoms with E-state index in [0.29, 0.717) is 25.1 Å². The summed E-state index contributed by atoms with van der Waals surface area (Å²) in [6, 6.07) is 15.4. The highest BCUT2D eigenvalue weighted by molar-refractivity contribution is 7.98. The van der Waals surface area contributed by atoms with Crippen molar-refractivity contribution < 1.29 is 24.2 Å². The maximum absolute atomic E-state index is 13.4. The first-order valence-corrected chi connectivity index (χ1v) is 13.4. The molecule has 0 radical (unpaired) electrons. The van der Waals surface area contributed by atoms with Crippen LogP contribution in [0.4, 0.5) is 4.79 Å². The zero-order chi connectivity index (χ0) is 25.0. The lowest BCUT2D eigenvalue weighted by atomic mass is 9.87. The molecule has 2 unspecified atom stereocenters. The number of thioether (sulfide) groups is 1. The summed E-state index contributed by atoms with van der Waals surface area (Å²) >= 11 is 1.57. The number of hydrogen-bond acceptors (Lipinski definition) is 5. The molecule has 1 saturated heterocycles. The van der Waals surface area contributed by atoms with Crippen LogP contribution in [-0.4, -0.2) is 64.7 Å². The number of fused-ring (bicyclic) bond motifs is 3. The highest BCUT2D eigenvalue weighted by Crippen LogP contribution is 2.44. The number of aliphatic carboxylic acids is 1. The molecule has 1 aliphatic heterocycles. The summed E-state index contributed by atoms with van der Waals surface area (Å²) < 4.78 is 5.64. The number of carboxylic acids is 1. The Labute approximate surface area is 210 Å². The van der Waals surface area contributed by atoms with Gasteiger partial charge in [-0.25, -0.2) is 9.59 Å². The van der Waals surface area contributed by atoms with Gasteiger partial charge in [-0.2, -0.15) is 11.8 Å². The summed E-state index contributed by atoms with van der Waals surface area (Å²) in [5.74, 6) is -0.809. The average Bonchev–Trinajstić information content (AvgIpc) is 3.18. The van der Waals surface area contributed by atoms with Crippen molar-refractivity contribution >= 4 is 29.7 Å². The molecule has 8 heteroatoms. The lowest BCUT2D eigenvalue weighted by Gasteiger charge is -2.43. The molecular formula is C27H32N2O5S. The second-order valence-electron chi connectivity index (χ2n) is 9.33. The number of nitrogens with zero attached hydrogens (tertiary/aromatic N) is 1. The maximum Gasteiger partial charge on any atom is 0.407 e. The number of benzene rings is 2. The predicted octanol–water partition coefficient (Wildman–Crippen LogP) is 4.50. The molecule has 2 amide bonds. The molecule has 0 aromatic heterocycles. The first-order valence-electron chi connectivity index (χ1n) is 12.0. The molecular weight excluding hydrogens is 464 g/mol. The molecule has 35 heavy (non-hydrogen) atoms. The summed E-state index contributed by atoms with van der Waals surface area (Å²) in [6.45, 7) is 2.11. The molecule has 0 bridgehead atoms. The van der Waals surface area contributed by atoms with Crippen LogP contribution in [0.15, 0.2) is 48.5 Å². The average molecular weight is 497 g/mol. The van der Waals surface area contributed by atoms with Crippen molar-refractivity contribution in [2.24, 2.45) is 0 Å². The molecule has 2 aromatic carbocycles. The molecule has 2 atom stereocenters. The Kier molecular flexibility index (Phi) is 7.69. The van der Waals surface area contributed by atoms with Gasteiger partial charge in [-0.3, -0.25) is 4.79 Å². The molecule has 1 aliphatic carbocycles. The number of ether oxygens (including phenoxy) is 1. The summed E-state index contributed by atoms with van der Waals surface area (Å²) in [6.07, 6.45) is 3.55. The number of hydrogen-bond donors (Lipinski definition) is 2. The van der Waals surface area contributed by atoms with Gasteiger partial charge in [0.2, 0.25) is 5.91 Å². The fourth-order valence-electron chi connectivity index (χ4n) is 5.16. The highest BCUT2D eigenvalue weighted by Gasteiger charge is 2.45. The van der Waals surface area contributed by atoms with Gasteiger partial charge < -0.3 is 20.1 Å². The van der Waals surface area contributed by atoms with Crippen LogP contribution in [-0.2, 0) is 14.3 Å². The third kappa shape index (κ3) is 5.03. The molecule has 0 spiro atoms. The van der Waals surface area contributed by atoms with E-state index < -0.39 is 23.6 Å². The minimum atomic E-state index is -1.27. The second-order valence-corrected chi connectivity index (χ2v) is 10.3. The standard InChI is InChI=1S/C27H32N2O5S/c1-27(25(31)32)14-7-8-15-29(27)24(30)23(13-16-35-2)28-26(33)34-17-22-20-11-5-3-9-18(20)19-10-4-6-12-21(19)22/h3-6,9-12,22-23H,7-8,13-17H2,1-2H3,(H,28,33)(H,31,32). The Bertz CT molecular complexity index is 1060. The Balaban J connectivity index is 1.46. The molecule has 2 aliphatic rings. The number of nitrogens with one attached hydrogen (secondary N) is 1. The molecule has 0 saturated carbocycles. The van der Waals surface area contributed by atoms with E-state index in [-0.39, 0.29) is 18.4 Å². The Morgan fingerprint density at radius 2 is 1.74 bits per heavy atom. The van der Waals surface area contributed by atoms with Crippen LogP contribution in [0.3, 0.4) is 0 Å². The monoisotopic (exact) mass is 496 g/mol. The number of carboxylic acid groups (broad SMARTS) is 1. The van der Waals surface area contributed by atoms with Crippen molar-refractivity contribution in [3.05, 3.63) is 59.7 Å². The summed E-state index contributed by atoms with van der Waals surface area (Å²) in [5, 5.41) is 12.6. The molecule has 2 N–H and O–H groups in total. The van der Waals surface area contributed by atoms with Crippen molar-refractivity contribution in [1.82, 2.24) is 10.2 Å². The van der Waals surface area contributed by atoms with Gasteiger partial charge in [-0.1, -0.05) is 48.5 Å². The quantitative estimate of drug-likeness (QED) is 0.559. The van der Waals surface area contributed by atoms with Crippen LogP contribution in [0.2, 0.25) is 0 Å². The van der Waals surface area contributed by atoms with Gasteiger partial charge >= 0.3 is 12.1 Å². The summed E-state index contributed by atoms with van der Waals surface area (Å²) in [4.78, 5) is 39.7. The van der Waals surface area contributed by atoms with Gasteiger partial charge in [0.1, 0.15) is 18.2 Å². The van der Waals surface area contributed by atoms with E-state index in [0.717, 1.165) is 35.1 Å². The number of amides is 2. The van der Waals surface area contributed by atoms with Gasteiger partial charge in [0.05, 0.1) is 0 Å². The van der Waals surface area contributed by atoms with Crippen LogP contribution >= 0.6 is 11.8 Å². The fourth-order valence-corrected chi connectivity index (χ4v) is 5.63. The largest absolute Gasteiger partial charge is 0.480 e. The number of alkyl carbamates (subject to hydrolysis) is 1. The summed E-state index contributed by atoms with van der Waals surface area (Å²) in [5.41, 5.74) is 3.24. The number of rotatable bonds is 8. The molecule has 1 heterocycles. The number of carbonyl (C=O) groups excluding carboxylic acids is 2. The number of piperidine rings is 1. The lowest BCUT2D eigenvalue weighted by Crippen LogP contribution is -2.62. The normalized spacial score (nSPS) is 20.0. The fraction of sp³-hybridized carbons (Fsp3) is 0.444. The minimum absolute atomic E-state index is 0.0779. The van der Waals surface area contributed by atoms with Crippen LogP contribution in [0, 0.1) is 0 Å². The lowest BCUT2D eigenvalue weighted by molar-refractivity contribution is -0.161. The number of carbonyl (C=O) groups is 3. The SMILES string of the molecule is CSCCC(NC(=O)OCC1c2ccccc2-c2ccccc21)C(=O)N1CCCCC1(C)C(=O)O. The Morgan fingerprint density at radius 1 is 1.11 bits per heavy atom. The van der Waals surface area contributed by atoms with Gasteiger partial charge in [0, 0.05) is 12.5 Å². The maximum atomic E-state index is 13.4. The molecule has 7 nitrogen and oxygen atoms in total. The van der Waals surface area contributed by atoms with Crippen molar-refractivity contribution in [2.45, 2.75) is 50.1 Å². The van der Waals surface area contributed by atoms with Crippen molar-refractivity contribution in [3.63, 3.8) is 0 Å². The zero-order valence-electron chi connectivity index (χ0n) is 20.2. The van der Waals surface area contributed by atoms with Crippen molar-refractivity contribution in [2.75, 3.05) is 25.2 Å². The predicted molar refractivity (Wildman–Crippen MR) is 137 cm³/mol. The Morgan fingerprint density at radius 3 is 2.34 bits per heavy atom. The van der Waals surface area contributed by atoms with Crippen molar-refractivity contribution in [1.29, 1.82) is 0 Å². The van der Waals surface area contributed by atoms with Gasteiger partial charge in [-0.15, -0.1) is 0 Å². The first-order chi connectivity index (χ1) is 16.9. The number of likely N-dealkylation sites (tertiary alicyclic amines) is 1. The van der Waals surface area contributed by atoms with Crippen LogP contribution in [0.25, 0.3) is 11.1 Å². The van der Waals surface area contributed by atoms with Crippen LogP contribution in [0.5, 0.6) is 0 Å². The van der Waals surface area contributed by atoms with E-state index in [1.165, 1.54) is 4.90 Å². The molecule has 2 aromatic rings. The van der Waals surface area contributed by atoms with E-state index in [9.17, 15) is 19.5 Å². The van der Waals surface area contributed by atoms with E-state index >= 15 is 0 Å². The van der Waals surface area contributed by atoms with Crippen molar-refractivity contribution in [3.8, 4) is 11.1 Å². The highest BCUT2D eigenvalue weighted by atomic mass is 32.2. The molecule has 186 valence electrons. The topological polar surface area (TPSA) is 95.9 Å². The van der Waals surface area contributed by atoms with Gasteiger partial charge in [0.25, 0.3) is 0 Å². The van der Waals surface area contributed by atoms with E-state index in [4.69, 9.17) is 4.74 Å². The Hall–Kier alpha value is -3.00. The second kappa shape index (κ2) is 10.7. The van der Waals surface area contributed by atoms with Crippen LogP contribution < -0.4 is 5.32 Å². The minimum Gasteiger partial charge on any atom is -0.480 e. The summed E-state index contributed by atoms with van der Waals surface area (Å²) in [7, 11) is 0. The van der Waals surface area contributed by atoms with Gasteiger partial charge in [-0.05, 0) is 66.9 Å². The first kappa shape index (κ1) is 25.1.